The second kappa shape index (κ2) is 7.85. The first-order valence-corrected chi connectivity index (χ1v) is 10.5. The normalized spacial score (nSPS) is 22.2. The van der Waals surface area contributed by atoms with Crippen LogP contribution in [0.5, 0.6) is 5.75 Å². The van der Waals surface area contributed by atoms with Crippen LogP contribution in [0, 0.1) is 0 Å². The number of nitrogens with one attached hydrogen (secondary N) is 1. The molecule has 3 rings (SSSR count). The third kappa shape index (κ3) is 3.92. The van der Waals surface area contributed by atoms with Crippen molar-refractivity contribution in [3.63, 3.8) is 0 Å². The average Bonchev–Trinajstić information content (AvgIpc) is 2.91. The number of methoxy groups -OCH3 is 1. The highest BCUT2D eigenvalue weighted by molar-refractivity contribution is 7.89. The standard InChI is InChI=1S/C18H28N2O3S/c1-23-17-6-8-18(9-7-17)24(21,22)20-14-10-16(11-15-20)19-12-4-2-3-5-13-19/h6-9,16H,2-5,10-15H2,1H3/p+1. The van der Waals surface area contributed by atoms with Gasteiger partial charge in [0.15, 0.2) is 0 Å². The van der Waals surface area contributed by atoms with Gasteiger partial charge in [-0.3, -0.25) is 0 Å². The molecule has 1 aromatic carbocycles. The zero-order valence-electron chi connectivity index (χ0n) is 14.5. The SMILES string of the molecule is COc1ccc(S(=O)(=O)N2CCC([NH+]3CCCCCC3)CC2)cc1. The van der Waals surface area contributed by atoms with Crippen LogP contribution in [0.2, 0.25) is 0 Å². The van der Waals surface area contributed by atoms with E-state index in [0.29, 0.717) is 29.8 Å². The van der Waals surface area contributed by atoms with Crippen LogP contribution in [0.25, 0.3) is 0 Å². The van der Waals surface area contributed by atoms with Crippen molar-refractivity contribution in [2.75, 3.05) is 33.3 Å². The van der Waals surface area contributed by atoms with Gasteiger partial charge in [0.05, 0.1) is 31.1 Å². The van der Waals surface area contributed by atoms with E-state index >= 15 is 0 Å². The molecule has 2 heterocycles. The van der Waals surface area contributed by atoms with Crippen molar-refractivity contribution in [1.82, 2.24) is 4.31 Å². The Kier molecular flexibility index (Phi) is 5.79. The lowest BCUT2D eigenvalue weighted by Crippen LogP contribution is -3.16. The summed E-state index contributed by atoms with van der Waals surface area (Å²) >= 11 is 0. The van der Waals surface area contributed by atoms with Crippen molar-refractivity contribution in [2.45, 2.75) is 49.5 Å². The largest absolute Gasteiger partial charge is 0.497 e. The summed E-state index contributed by atoms with van der Waals surface area (Å²) in [7, 11) is -1.80. The van der Waals surface area contributed by atoms with Crippen LogP contribution in [0.15, 0.2) is 29.2 Å². The van der Waals surface area contributed by atoms with Crippen LogP contribution < -0.4 is 9.64 Å². The minimum atomic E-state index is -3.38. The van der Waals surface area contributed by atoms with Crippen molar-refractivity contribution in [3.05, 3.63) is 24.3 Å². The minimum absolute atomic E-state index is 0.365. The van der Waals surface area contributed by atoms with Gasteiger partial charge in [0.25, 0.3) is 0 Å². The molecule has 0 bridgehead atoms. The summed E-state index contributed by atoms with van der Waals surface area (Å²) in [5, 5.41) is 0. The van der Waals surface area contributed by atoms with Gasteiger partial charge >= 0.3 is 0 Å². The molecule has 2 aliphatic rings. The Labute approximate surface area is 145 Å². The van der Waals surface area contributed by atoms with Gasteiger partial charge < -0.3 is 9.64 Å². The molecule has 0 aliphatic carbocycles. The first kappa shape index (κ1) is 17.7. The number of hydrogen-bond acceptors (Lipinski definition) is 3. The highest BCUT2D eigenvalue weighted by Gasteiger charge is 2.33. The number of nitrogens with zero attached hydrogens (tertiary/aromatic N) is 1. The molecule has 0 amide bonds. The molecular weight excluding hydrogens is 324 g/mol. The van der Waals surface area contributed by atoms with Crippen LogP contribution in [0.1, 0.15) is 38.5 Å². The average molecular weight is 354 g/mol. The summed E-state index contributed by atoms with van der Waals surface area (Å²) in [4.78, 5) is 2.07. The number of piperidine rings is 1. The lowest BCUT2D eigenvalue weighted by atomic mass is 10.0. The van der Waals surface area contributed by atoms with Gasteiger partial charge in [-0.2, -0.15) is 4.31 Å². The van der Waals surface area contributed by atoms with Crippen LogP contribution in [-0.4, -0.2) is 52.1 Å². The number of benzene rings is 1. The molecule has 1 aromatic rings. The number of ether oxygens (including phenoxy) is 1. The van der Waals surface area contributed by atoms with E-state index in [-0.39, 0.29) is 0 Å². The van der Waals surface area contributed by atoms with E-state index in [0.717, 1.165) is 12.8 Å². The summed E-state index contributed by atoms with van der Waals surface area (Å²) in [6, 6.07) is 7.33. The second-order valence-corrected chi connectivity index (χ2v) is 8.86. The van der Waals surface area contributed by atoms with Gasteiger partial charge in [-0.15, -0.1) is 0 Å². The number of sulfonamides is 1. The topological polar surface area (TPSA) is 51.1 Å². The molecule has 2 aliphatic heterocycles. The molecule has 0 atom stereocenters. The van der Waals surface area contributed by atoms with Crippen molar-refractivity contribution in [3.8, 4) is 5.75 Å². The van der Waals surface area contributed by atoms with Crippen molar-refractivity contribution < 1.29 is 18.1 Å². The number of likely N-dealkylation sites (tertiary alicyclic amines) is 1. The van der Waals surface area contributed by atoms with E-state index in [9.17, 15) is 8.42 Å². The predicted molar refractivity (Wildman–Crippen MR) is 93.9 cm³/mol. The second-order valence-electron chi connectivity index (χ2n) is 6.93. The minimum Gasteiger partial charge on any atom is -0.497 e. The Bertz CT molecular complexity index is 614. The molecule has 0 radical (unpaired) electrons. The molecule has 0 unspecified atom stereocenters. The summed E-state index contributed by atoms with van der Waals surface area (Å²) in [6.45, 7) is 3.80. The Morgan fingerprint density at radius 1 is 1.00 bits per heavy atom. The molecule has 1 N–H and O–H groups in total. The number of rotatable bonds is 4. The summed E-state index contributed by atoms with van der Waals surface area (Å²) in [5.41, 5.74) is 0. The fraction of sp³-hybridized carbons (Fsp3) is 0.667. The Hall–Kier alpha value is -1.11. The maximum atomic E-state index is 12.8. The van der Waals surface area contributed by atoms with E-state index in [1.54, 1.807) is 40.6 Å². The summed E-state index contributed by atoms with van der Waals surface area (Å²) < 4.78 is 32.4. The maximum absolute atomic E-state index is 12.8. The van der Waals surface area contributed by atoms with Crippen molar-refractivity contribution in [2.24, 2.45) is 0 Å². The number of hydrogen-bond donors (Lipinski definition) is 1. The Morgan fingerprint density at radius 2 is 1.58 bits per heavy atom. The molecule has 134 valence electrons. The lowest BCUT2D eigenvalue weighted by Gasteiger charge is -2.35. The van der Waals surface area contributed by atoms with E-state index in [4.69, 9.17) is 4.74 Å². The van der Waals surface area contributed by atoms with Crippen molar-refractivity contribution in [1.29, 1.82) is 0 Å². The van der Waals surface area contributed by atoms with Crippen LogP contribution in [0.3, 0.4) is 0 Å². The third-order valence-corrected chi connectivity index (χ3v) is 7.39. The zero-order chi connectivity index (χ0) is 17.0. The molecule has 24 heavy (non-hydrogen) atoms. The molecule has 0 aromatic heterocycles. The van der Waals surface area contributed by atoms with Crippen LogP contribution in [0.4, 0.5) is 0 Å². The number of quaternary nitrogens is 1. The Balaban J connectivity index is 1.62. The predicted octanol–water partition coefficient (Wildman–Crippen LogP) is 1.31. The molecule has 5 nitrogen and oxygen atoms in total. The molecular formula is C18H29N2O3S+. The fourth-order valence-corrected chi connectivity index (χ4v) is 5.46. The highest BCUT2D eigenvalue weighted by Crippen LogP contribution is 2.22. The quantitative estimate of drug-likeness (QED) is 0.888. The molecule has 6 heteroatoms. The third-order valence-electron chi connectivity index (χ3n) is 5.47. The fourth-order valence-electron chi connectivity index (χ4n) is 3.99. The van der Waals surface area contributed by atoms with E-state index in [1.165, 1.54) is 38.8 Å². The maximum Gasteiger partial charge on any atom is 0.243 e. The summed E-state index contributed by atoms with van der Waals surface area (Å²) in [6.07, 6.45) is 7.30. The van der Waals surface area contributed by atoms with E-state index in [2.05, 4.69) is 0 Å². The van der Waals surface area contributed by atoms with Gasteiger partial charge in [-0.25, -0.2) is 8.42 Å². The van der Waals surface area contributed by atoms with Gasteiger partial charge in [-0.1, -0.05) is 0 Å². The van der Waals surface area contributed by atoms with Crippen LogP contribution in [-0.2, 0) is 10.0 Å². The highest BCUT2D eigenvalue weighted by atomic mass is 32.2. The van der Waals surface area contributed by atoms with Gasteiger partial charge in [0, 0.05) is 25.9 Å². The van der Waals surface area contributed by atoms with Gasteiger partial charge in [0.2, 0.25) is 10.0 Å². The molecule has 0 spiro atoms. The first-order chi connectivity index (χ1) is 11.6. The lowest BCUT2D eigenvalue weighted by molar-refractivity contribution is -0.926. The monoisotopic (exact) mass is 353 g/mol. The smallest absolute Gasteiger partial charge is 0.243 e. The van der Waals surface area contributed by atoms with Crippen molar-refractivity contribution >= 4 is 10.0 Å². The first-order valence-electron chi connectivity index (χ1n) is 9.10. The van der Waals surface area contributed by atoms with E-state index in [1.807, 2.05) is 0 Å². The Morgan fingerprint density at radius 3 is 2.12 bits per heavy atom. The zero-order valence-corrected chi connectivity index (χ0v) is 15.4. The van der Waals surface area contributed by atoms with Gasteiger partial charge in [-0.05, 0) is 49.9 Å². The van der Waals surface area contributed by atoms with Gasteiger partial charge in [0.1, 0.15) is 5.75 Å². The van der Waals surface area contributed by atoms with E-state index < -0.39 is 10.0 Å². The van der Waals surface area contributed by atoms with Crippen LogP contribution >= 0.6 is 0 Å². The molecule has 2 saturated heterocycles. The summed E-state index contributed by atoms with van der Waals surface area (Å²) in [5.74, 6) is 0.678. The molecule has 0 saturated carbocycles. The molecule has 2 fully saturated rings.